The molecule has 138 valence electrons. The van der Waals surface area contributed by atoms with Crippen LogP contribution in [0, 0.1) is 0 Å². The van der Waals surface area contributed by atoms with E-state index in [9.17, 15) is 14.4 Å². The average molecular weight is 349 g/mol. The maximum atomic E-state index is 12.2. The molecule has 0 spiro atoms. The van der Waals surface area contributed by atoms with Crippen LogP contribution in [-0.2, 0) is 9.53 Å². The minimum atomic E-state index is -0.675. The first-order valence-corrected chi connectivity index (χ1v) is 8.58. The van der Waals surface area contributed by atoms with Gasteiger partial charge in [0.2, 0.25) is 0 Å². The van der Waals surface area contributed by atoms with Crippen LogP contribution in [0.15, 0.2) is 24.3 Å². The van der Waals surface area contributed by atoms with E-state index in [0.717, 1.165) is 25.8 Å². The van der Waals surface area contributed by atoms with Crippen molar-refractivity contribution in [2.45, 2.75) is 46.1 Å². The van der Waals surface area contributed by atoms with Gasteiger partial charge in [0.05, 0.1) is 5.56 Å². The molecule has 25 heavy (non-hydrogen) atoms. The third kappa shape index (κ3) is 7.69. The second-order valence-corrected chi connectivity index (χ2v) is 5.73. The highest BCUT2D eigenvalue weighted by molar-refractivity contribution is 5.99. The number of para-hydroxylation sites is 1. The van der Waals surface area contributed by atoms with E-state index in [1.165, 1.54) is 0 Å². The molecule has 0 bridgehead atoms. The van der Waals surface area contributed by atoms with E-state index in [1.807, 2.05) is 19.9 Å². The fourth-order valence-electron chi connectivity index (χ4n) is 1.95. The maximum absolute atomic E-state index is 12.2. The number of anilines is 1. The lowest BCUT2D eigenvalue weighted by atomic mass is 10.1. The molecule has 0 heterocycles. The highest BCUT2D eigenvalue weighted by Gasteiger charge is 2.15. The summed E-state index contributed by atoms with van der Waals surface area (Å²) < 4.78 is 5.00. The fourth-order valence-corrected chi connectivity index (χ4v) is 1.95. The number of unbranched alkanes of at least 4 members (excludes halogenated alkanes) is 1. The molecule has 7 nitrogen and oxygen atoms in total. The third-order valence-electron chi connectivity index (χ3n) is 3.57. The van der Waals surface area contributed by atoms with E-state index in [1.54, 1.807) is 18.2 Å². The van der Waals surface area contributed by atoms with Crippen LogP contribution in [0.5, 0.6) is 0 Å². The number of hydrogen-bond donors (Lipinski definition) is 3. The van der Waals surface area contributed by atoms with E-state index in [4.69, 9.17) is 4.74 Å². The normalized spacial score (nSPS) is 11.3. The van der Waals surface area contributed by atoms with Gasteiger partial charge in [-0.1, -0.05) is 32.4 Å². The molecule has 1 atom stereocenters. The van der Waals surface area contributed by atoms with Crippen molar-refractivity contribution >= 4 is 23.6 Å². The Labute approximate surface area is 148 Å². The molecule has 0 aliphatic carbocycles. The Morgan fingerprint density at radius 3 is 2.56 bits per heavy atom. The predicted octanol–water partition coefficient (Wildman–Crippen LogP) is 2.68. The van der Waals surface area contributed by atoms with Gasteiger partial charge in [0, 0.05) is 18.3 Å². The number of urea groups is 1. The van der Waals surface area contributed by atoms with Crippen molar-refractivity contribution in [2.24, 2.45) is 0 Å². The lowest BCUT2D eigenvalue weighted by molar-refractivity contribution is -0.123. The van der Waals surface area contributed by atoms with Gasteiger partial charge in [-0.25, -0.2) is 9.59 Å². The first-order valence-electron chi connectivity index (χ1n) is 8.58. The summed E-state index contributed by atoms with van der Waals surface area (Å²) in [4.78, 5) is 35.4. The van der Waals surface area contributed by atoms with Crippen molar-refractivity contribution in [2.75, 3.05) is 18.5 Å². The van der Waals surface area contributed by atoms with Crippen LogP contribution >= 0.6 is 0 Å². The van der Waals surface area contributed by atoms with Crippen LogP contribution in [0.1, 0.15) is 50.4 Å². The highest BCUT2D eigenvalue weighted by Crippen LogP contribution is 2.16. The molecule has 1 aromatic carbocycles. The molecule has 1 aromatic rings. The van der Waals surface area contributed by atoms with Gasteiger partial charge in [0.1, 0.15) is 0 Å². The van der Waals surface area contributed by atoms with Crippen molar-refractivity contribution in [3.63, 3.8) is 0 Å². The van der Waals surface area contributed by atoms with Gasteiger partial charge in [-0.2, -0.15) is 0 Å². The number of ether oxygens (including phenoxy) is 1. The summed E-state index contributed by atoms with van der Waals surface area (Å²) in [5.41, 5.74) is 1.02. The molecule has 0 aromatic heterocycles. The van der Waals surface area contributed by atoms with Gasteiger partial charge in [-0.05, 0) is 31.9 Å². The van der Waals surface area contributed by atoms with E-state index in [2.05, 4.69) is 22.9 Å². The van der Waals surface area contributed by atoms with Crippen LogP contribution in [0.3, 0.4) is 0 Å². The SMILES string of the molecule is CCCCNc1ccccc1C(=O)OCC(=O)NC(=O)N[C@H](C)CC. The number of rotatable bonds is 9. The Kier molecular flexibility index (Phi) is 9.06. The summed E-state index contributed by atoms with van der Waals surface area (Å²) in [6.45, 7) is 6.05. The zero-order chi connectivity index (χ0) is 18.7. The molecular formula is C18H27N3O4. The Morgan fingerprint density at radius 2 is 1.88 bits per heavy atom. The number of esters is 1. The first-order chi connectivity index (χ1) is 12.0. The van der Waals surface area contributed by atoms with E-state index in [0.29, 0.717) is 11.3 Å². The van der Waals surface area contributed by atoms with Crippen molar-refractivity contribution in [3.8, 4) is 0 Å². The van der Waals surface area contributed by atoms with Crippen LogP contribution in [-0.4, -0.2) is 37.1 Å². The molecule has 1 rings (SSSR count). The number of nitrogens with one attached hydrogen (secondary N) is 3. The average Bonchev–Trinajstić information content (AvgIpc) is 2.60. The molecule has 0 radical (unpaired) electrons. The predicted molar refractivity (Wildman–Crippen MR) is 96.5 cm³/mol. The summed E-state index contributed by atoms with van der Waals surface area (Å²) >= 11 is 0. The van der Waals surface area contributed by atoms with Gasteiger partial charge < -0.3 is 15.4 Å². The molecule has 7 heteroatoms. The zero-order valence-corrected chi connectivity index (χ0v) is 15.1. The standard InChI is InChI=1S/C18H27N3O4/c1-4-6-11-19-15-10-8-7-9-14(15)17(23)25-12-16(22)21-18(24)20-13(3)5-2/h7-10,13,19H,4-6,11-12H2,1-3H3,(H2,20,21,22,24)/t13-/m1/s1. The number of carbonyl (C=O) groups is 3. The van der Waals surface area contributed by atoms with E-state index >= 15 is 0 Å². The first kappa shape index (κ1) is 20.5. The molecule has 3 amide bonds. The van der Waals surface area contributed by atoms with Gasteiger partial charge in [0.25, 0.3) is 5.91 Å². The monoisotopic (exact) mass is 349 g/mol. The quantitative estimate of drug-likeness (QED) is 0.470. The number of imide groups is 1. The van der Waals surface area contributed by atoms with Crippen LogP contribution in [0.2, 0.25) is 0 Å². The van der Waals surface area contributed by atoms with Crippen molar-refractivity contribution in [3.05, 3.63) is 29.8 Å². The van der Waals surface area contributed by atoms with Crippen molar-refractivity contribution in [1.82, 2.24) is 10.6 Å². The lowest BCUT2D eigenvalue weighted by Crippen LogP contribution is -2.44. The largest absolute Gasteiger partial charge is 0.452 e. The summed E-state index contributed by atoms with van der Waals surface area (Å²) in [6, 6.07) is 6.31. The molecular weight excluding hydrogens is 322 g/mol. The Hall–Kier alpha value is -2.57. The van der Waals surface area contributed by atoms with Gasteiger partial charge >= 0.3 is 12.0 Å². The van der Waals surface area contributed by atoms with Gasteiger partial charge in [0.15, 0.2) is 6.61 Å². The van der Waals surface area contributed by atoms with Crippen LogP contribution < -0.4 is 16.0 Å². The maximum Gasteiger partial charge on any atom is 0.340 e. The topological polar surface area (TPSA) is 96.5 Å². The van der Waals surface area contributed by atoms with Crippen molar-refractivity contribution in [1.29, 1.82) is 0 Å². The molecule has 0 unspecified atom stereocenters. The molecule has 0 fully saturated rings. The molecule has 0 saturated carbocycles. The second-order valence-electron chi connectivity index (χ2n) is 5.73. The number of amides is 3. The van der Waals surface area contributed by atoms with Gasteiger partial charge in [-0.15, -0.1) is 0 Å². The summed E-state index contributed by atoms with van der Waals surface area (Å²) in [6.07, 6.45) is 2.77. The summed E-state index contributed by atoms with van der Waals surface area (Å²) in [7, 11) is 0. The molecule has 0 aliphatic heterocycles. The lowest BCUT2D eigenvalue weighted by Gasteiger charge is -2.13. The minimum Gasteiger partial charge on any atom is -0.452 e. The molecule has 3 N–H and O–H groups in total. The smallest absolute Gasteiger partial charge is 0.340 e. The molecule has 0 saturated heterocycles. The summed E-state index contributed by atoms with van der Waals surface area (Å²) in [5.74, 6) is -1.29. The Bertz CT molecular complexity index is 589. The Balaban J connectivity index is 2.51. The highest BCUT2D eigenvalue weighted by atomic mass is 16.5. The number of carbonyl (C=O) groups excluding carboxylic acids is 3. The summed E-state index contributed by atoms with van der Waals surface area (Å²) in [5, 5.41) is 7.90. The van der Waals surface area contributed by atoms with E-state index < -0.39 is 24.5 Å². The van der Waals surface area contributed by atoms with Crippen molar-refractivity contribution < 1.29 is 19.1 Å². The second kappa shape index (κ2) is 11.1. The van der Waals surface area contributed by atoms with E-state index in [-0.39, 0.29) is 6.04 Å². The third-order valence-corrected chi connectivity index (χ3v) is 3.57. The van der Waals surface area contributed by atoms with Crippen LogP contribution in [0.25, 0.3) is 0 Å². The minimum absolute atomic E-state index is 0.0450. The van der Waals surface area contributed by atoms with Crippen LogP contribution in [0.4, 0.5) is 10.5 Å². The number of benzene rings is 1. The van der Waals surface area contributed by atoms with Gasteiger partial charge in [-0.3, -0.25) is 10.1 Å². The molecule has 0 aliphatic rings. The zero-order valence-electron chi connectivity index (χ0n) is 15.1. The fraction of sp³-hybridized carbons (Fsp3) is 0.500. The Morgan fingerprint density at radius 1 is 1.16 bits per heavy atom. The number of hydrogen-bond acceptors (Lipinski definition) is 5.